The molecule has 0 atom stereocenters. The Morgan fingerprint density at radius 1 is 0.621 bits per heavy atom. The molecule has 0 aliphatic carbocycles. The molecule has 0 amide bonds. The lowest BCUT2D eigenvalue weighted by Gasteiger charge is -2.37. The van der Waals surface area contributed by atoms with Crippen molar-refractivity contribution in [1.29, 1.82) is 0 Å². The number of rotatable bonds is 4. The Morgan fingerprint density at radius 2 is 1.10 bits per heavy atom. The third-order valence-corrected chi connectivity index (χ3v) is 5.48. The average molecular weight is 375 g/mol. The van der Waals surface area contributed by atoms with Crippen LogP contribution in [0.1, 0.15) is 16.7 Å². The lowest BCUT2D eigenvalue weighted by atomic mass is 9.77. The monoisotopic (exact) mass is 375 g/mol. The first-order valence-corrected chi connectivity index (χ1v) is 9.70. The minimum Gasteiger partial charge on any atom is -0.399 e. The van der Waals surface area contributed by atoms with Gasteiger partial charge in [0.25, 0.3) is 0 Å². The highest BCUT2D eigenvalue weighted by atomic mass is 15.3. The number of nitrogens with zero attached hydrogens (tertiary/aromatic N) is 2. The van der Waals surface area contributed by atoms with Crippen LogP contribution in [-0.2, 0) is 5.54 Å². The van der Waals surface area contributed by atoms with Gasteiger partial charge in [0.1, 0.15) is 5.54 Å². The summed E-state index contributed by atoms with van der Waals surface area (Å²) in [6, 6.07) is 37.6. The van der Waals surface area contributed by atoms with Gasteiger partial charge < -0.3 is 5.73 Å². The molecule has 0 radical (unpaired) electrons. The lowest BCUT2D eigenvalue weighted by molar-refractivity contribution is 0.476. The summed E-state index contributed by atoms with van der Waals surface area (Å²) in [5.41, 5.74) is 10.7. The van der Waals surface area contributed by atoms with Crippen LogP contribution in [-0.4, -0.2) is 9.78 Å². The topological polar surface area (TPSA) is 43.8 Å². The van der Waals surface area contributed by atoms with Crippen molar-refractivity contribution in [1.82, 2.24) is 9.78 Å². The largest absolute Gasteiger partial charge is 0.399 e. The predicted molar refractivity (Wildman–Crippen MR) is 119 cm³/mol. The van der Waals surface area contributed by atoms with Crippen molar-refractivity contribution in [3.8, 4) is 0 Å². The van der Waals surface area contributed by atoms with Crippen molar-refractivity contribution in [2.24, 2.45) is 0 Å². The van der Waals surface area contributed by atoms with Gasteiger partial charge in [0.05, 0.1) is 11.7 Å². The first kappa shape index (κ1) is 17.3. The van der Waals surface area contributed by atoms with Crippen molar-refractivity contribution in [2.45, 2.75) is 5.54 Å². The van der Waals surface area contributed by atoms with Gasteiger partial charge in [-0.1, -0.05) is 91.0 Å². The highest BCUT2D eigenvalue weighted by Gasteiger charge is 2.40. The molecule has 3 heteroatoms. The molecule has 0 bridgehead atoms. The van der Waals surface area contributed by atoms with E-state index in [0.717, 1.165) is 33.3 Å². The number of anilines is 1. The third kappa shape index (κ3) is 2.71. The standard InChI is InChI=1S/C26H21N3/c27-24-16-17-25-20(18-24)19-28-29(25)26(21-10-4-1-5-11-21,22-12-6-2-7-13-22)23-14-8-3-9-15-23/h1-19H,27H2. The second-order valence-electron chi connectivity index (χ2n) is 7.18. The van der Waals surface area contributed by atoms with Crippen LogP contribution in [0.3, 0.4) is 0 Å². The maximum Gasteiger partial charge on any atom is 0.138 e. The van der Waals surface area contributed by atoms with E-state index in [-0.39, 0.29) is 0 Å². The minimum atomic E-state index is -0.609. The van der Waals surface area contributed by atoms with Crippen molar-refractivity contribution >= 4 is 16.6 Å². The first-order valence-electron chi connectivity index (χ1n) is 9.70. The Morgan fingerprint density at radius 3 is 1.59 bits per heavy atom. The van der Waals surface area contributed by atoms with Crippen LogP contribution in [0, 0.1) is 0 Å². The second kappa shape index (κ2) is 6.95. The van der Waals surface area contributed by atoms with E-state index in [2.05, 4.69) is 83.5 Å². The molecule has 3 nitrogen and oxygen atoms in total. The van der Waals surface area contributed by atoms with Crippen LogP contribution in [0.5, 0.6) is 0 Å². The molecule has 0 aliphatic rings. The van der Waals surface area contributed by atoms with Gasteiger partial charge in [-0.25, -0.2) is 4.68 Å². The molecule has 0 saturated heterocycles. The molecule has 0 unspecified atom stereocenters. The molecular weight excluding hydrogens is 354 g/mol. The fourth-order valence-corrected chi connectivity index (χ4v) is 4.22. The van der Waals surface area contributed by atoms with Gasteiger partial charge in [0.2, 0.25) is 0 Å². The third-order valence-electron chi connectivity index (χ3n) is 5.48. The fraction of sp³-hybridized carbons (Fsp3) is 0.0385. The van der Waals surface area contributed by atoms with Crippen LogP contribution in [0.15, 0.2) is 115 Å². The highest BCUT2D eigenvalue weighted by Crippen LogP contribution is 2.42. The van der Waals surface area contributed by atoms with Gasteiger partial charge in [-0.2, -0.15) is 5.10 Å². The highest BCUT2D eigenvalue weighted by molar-refractivity contribution is 5.83. The number of hydrogen-bond acceptors (Lipinski definition) is 2. The Kier molecular flexibility index (Phi) is 4.14. The van der Waals surface area contributed by atoms with Crippen molar-refractivity contribution in [3.05, 3.63) is 132 Å². The van der Waals surface area contributed by atoms with Gasteiger partial charge in [0.15, 0.2) is 0 Å². The molecular formula is C26H21N3. The molecule has 5 rings (SSSR count). The van der Waals surface area contributed by atoms with Gasteiger partial charge in [-0.15, -0.1) is 0 Å². The van der Waals surface area contributed by atoms with Gasteiger partial charge in [-0.3, -0.25) is 0 Å². The SMILES string of the molecule is Nc1ccc2c(cnn2C(c2ccccc2)(c2ccccc2)c2ccccc2)c1. The molecule has 0 fully saturated rings. The molecule has 0 saturated carbocycles. The molecule has 0 aliphatic heterocycles. The number of nitrogens with two attached hydrogens (primary N) is 1. The summed E-state index contributed by atoms with van der Waals surface area (Å²) in [7, 11) is 0. The zero-order chi connectivity index (χ0) is 19.7. The maximum absolute atomic E-state index is 6.04. The molecule has 140 valence electrons. The summed E-state index contributed by atoms with van der Waals surface area (Å²) in [6.07, 6.45) is 1.90. The van der Waals surface area contributed by atoms with E-state index < -0.39 is 5.54 Å². The number of nitrogen functional groups attached to an aromatic ring is 1. The molecule has 1 aromatic heterocycles. The quantitative estimate of drug-likeness (QED) is 0.335. The summed E-state index contributed by atoms with van der Waals surface area (Å²) < 4.78 is 2.13. The van der Waals surface area contributed by atoms with Crippen LogP contribution >= 0.6 is 0 Å². The Bertz CT molecular complexity index is 1150. The van der Waals surface area contributed by atoms with Crippen LogP contribution in [0.2, 0.25) is 0 Å². The van der Waals surface area contributed by atoms with E-state index in [1.807, 2.05) is 36.5 Å². The maximum atomic E-state index is 6.04. The van der Waals surface area contributed by atoms with Crippen molar-refractivity contribution in [3.63, 3.8) is 0 Å². The Balaban J connectivity index is 1.95. The average Bonchev–Trinajstić information content (AvgIpc) is 3.20. The van der Waals surface area contributed by atoms with E-state index in [4.69, 9.17) is 10.8 Å². The molecule has 1 heterocycles. The molecule has 29 heavy (non-hydrogen) atoms. The summed E-state index contributed by atoms with van der Waals surface area (Å²) in [5.74, 6) is 0. The first-order chi connectivity index (χ1) is 14.3. The normalized spacial score (nSPS) is 11.6. The number of hydrogen-bond donors (Lipinski definition) is 1. The van der Waals surface area contributed by atoms with Crippen molar-refractivity contribution < 1.29 is 0 Å². The lowest BCUT2D eigenvalue weighted by Crippen LogP contribution is -2.38. The van der Waals surface area contributed by atoms with E-state index in [9.17, 15) is 0 Å². The zero-order valence-corrected chi connectivity index (χ0v) is 15.9. The van der Waals surface area contributed by atoms with Gasteiger partial charge >= 0.3 is 0 Å². The van der Waals surface area contributed by atoms with Crippen LogP contribution < -0.4 is 5.73 Å². The van der Waals surface area contributed by atoms with Gasteiger partial charge in [-0.05, 0) is 34.9 Å². The summed E-state index contributed by atoms with van der Waals surface area (Å²) in [5, 5.41) is 5.92. The smallest absolute Gasteiger partial charge is 0.138 e. The number of benzene rings is 4. The molecule has 0 spiro atoms. The molecule has 2 N–H and O–H groups in total. The summed E-state index contributed by atoms with van der Waals surface area (Å²) >= 11 is 0. The Labute approximate surface area is 170 Å². The fourth-order valence-electron chi connectivity index (χ4n) is 4.22. The van der Waals surface area contributed by atoms with Crippen LogP contribution in [0.25, 0.3) is 10.9 Å². The number of aromatic nitrogens is 2. The summed E-state index contributed by atoms with van der Waals surface area (Å²) in [4.78, 5) is 0. The van der Waals surface area contributed by atoms with E-state index in [1.54, 1.807) is 0 Å². The van der Waals surface area contributed by atoms with E-state index in [0.29, 0.717) is 0 Å². The second-order valence-corrected chi connectivity index (χ2v) is 7.18. The van der Waals surface area contributed by atoms with Crippen molar-refractivity contribution in [2.75, 3.05) is 5.73 Å². The Hall–Kier alpha value is -3.85. The summed E-state index contributed by atoms with van der Waals surface area (Å²) in [6.45, 7) is 0. The number of fused-ring (bicyclic) bond motifs is 1. The molecule has 5 aromatic rings. The van der Waals surface area contributed by atoms with E-state index >= 15 is 0 Å². The predicted octanol–water partition coefficient (Wildman–Crippen LogP) is 5.46. The van der Waals surface area contributed by atoms with Gasteiger partial charge in [0, 0.05) is 11.1 Å². The zero-order valence-electron chi connectivity index (χ0n) is 15.9. The molecule has 4 aromatic carbocycles. The van der Waals surface area contributed by atoms with Crippen LogP contribution in [0.4, 0.5) is 5.69 Å². The minimum absolute atomic E-state index is 0.609. The van der Waals surface area contributed by atoms with E-state index in [1.165, 1.54) is 0 Å².